The minimum absolute atomic E-state index is 0.0223. The normalized spacial score (nSPS) is 20.5. The minimum Gasteiger partial charge on any atom is -0.508 e. The van der Waals surface area contributed by atoms with Crippen molar-refractivity contribution in [3.8, 4) is 28.7 Å². The molecule has 2 aromatic carbocycles. The Kier molecular flexibility index (Phi) is 4.15. The van der Waals surface area contributed by atoms with E-state index in [-0.39, 0.29) is 28.4 Å². The van der Waals surface area contributed by atoms with Gasteiger partial charge in [0.25, 0.3) is 0 Å². The Labute approximate surface area is 142 Å². The highest BCUT2D eigenvalue weighted by atomic mass is 16.6. The summed E-state index contributed by atoms with van der Waals surface area (Å²) >= 11 is 0. The van der Waals surface area contributed by atoms with Crippen LogP contribution in [0.4, 0.5) is 0 Å². The van der Waals surface area contributed by atoms with Gasteiger partial charge >= 0.3 is 0 Å². The maximum atomic E-state index is 12.8. The first-order valence-corrected chi connectivity index (χ1v) is 7.34. The first-order valence-electron chi connectivity index (χ1n) is 7.34. The number of phenolic OH excluding ortho intramolecular Hbond substituents is 3. The van der Waals surface area contributed by atoms with Crippen LogP contribution in [-0.4, -0.2) is 44.7 Å². The predicted octanol–water partition coefficient (Wildman–Crippen LogP) is 1.06. The van der Waals surface area contributed by atoms with Crippen LogP contribution in [0, 0.1) is 5.92 Å². The fraction of sp³-hybridized carbons (Fsp3) is 0.235. The van der Waals surface area contributed by atoms with Crippen molar-refractivity contribution in [2.24, 2.45) is 5.92 Å². The summed E-state index contributed by atoms with van der Waals surface area (Å²) in [6.45, 7) is 0. The van der Waals surface area contributed by atoms with E-state index in [0.29, 0.717) is 0 Å². The third kappa shape index (κ3) is 2.71. The highest BCUT2D eigenvalue weighted by molar-refractivity contribution is 6.05. The fourth-order valence-electron chi connectivity index (χ4n) is 2.82. The number of carbonyl (C=O) groups is 1. The number of ketones is 1. The van der Waals surface area contributed by atoms with Crippen LogP contribution in [0.5, 0.6) is 28.7 Å². The van der Waals surface area contributed by atoms with Crippen molar-refractivity contribution < 1.29 is 39.8 Å². The summed E-state index contributed by atoms with van der Waals surface area (Å²) in [6.07, 6.45) is -3.15. The fourth-order valence-corrected chi connectivity index (χ4v) is 2.82. The van der Waals surface area contributed by atoms with Gasteiger partial charge in [0.15, 0.2) is 17.3 Å². The van der Waals surface area contributed by atoms with Crippen molar-refractivity contribution in [3.05, 3.63) is 41.5 Å². The van der Waals surface area contributed by atoms with Crippen LogP contribution in [0.25, 0.3) is 0 Å². The first kappa shape index (κ1) is 16.9. The lowest BCUT2D eigenvalue weighted by Crippen LogP contribution is -2.41. The molecule has 25 heavy (non-hydrogen) atoms. The van der Waals surface area contributed by atoms with Crippen molar-refractivity contribution in [1.29, 1.82) is 0 Å². The number of phenols is 3. The largest absolute Gasteiger partial charge is 0.508 e. The third-order valence-electron chi connectivity index (χ3n) is 4.08. The molecule has 0 aliphatic carbocycles. The van der Waals surface area contributed by atoms with E-state index in [4.69, 9.17) is 9.47 Å². The predicted molar refractivity (Wildman–Crippen MR) is 83.8 cm³/mol. The third-order valence-corrected chi connectivity index (χ3v) is 4.08. The molecular weight excluding hydrogens is 332 g/mol. The Hall–Kier alpha value is -2.97. The van der Waals surface area contributed by atoms with E-state index < -0.39 is 35.6 Å². The molecule has 0 bridgehead atoms. The van der Waals surface area contributed by atoms with E-state index in [1.54, 1.807) is 0 Å². The van der Waals surface area contributed by atoms with Crippen molar-refractivity contribution in [2.45, 2.75) is 12.4 Å². The zero-order valence-corrected chi connectivity index (χ0v) is 13.1. The van der Waals surface area contributed by atoms with Crippen LogP contribution in [0.15, 0.2) is 30.3 Å². The lowest BCUT2D eigenvalue weighted by Gasteiger charge is -2.32. The molecule has 0 spiro atoms. The van der Waals surface area contributed by atoms with Gasteiger partial charge in [-0.2, -0.15) is 0 Å². The summed E-state index contributed by atoms with van der Waals surface area (Å²) in [6, 6.07) is 6.48. The maximum absolute atomic E-state index is 12.8. The number of aliphatic hydroxyl groups is 2. The molecule has 1 heterocycles. The van der Waals surface area contributed by atoms with Gasteiger partial charge in [0, 0.05) is 6.07 Å². The number of aliphatic hydroxyl groups excluding tert-OH is 2. The average molecular weight is 348 g/mol. The van der Waals surface area contributed by atoms with Crippen LogP contribution in [-0.2, 0) is 0 Å². The van der Waals surface area contributed by atoms with Gasteiger partial charge in [-0.3, -0.25) is 4.79 Å². The zero-order valence-electron chi connectivity index (χ0n) is 13.1. The first-order chi connectivity index (χ1) is 11.8. The molecular formula is C17H16O8. The number of aromatic hydroxyl groups is 3. The molecule has 3 rings (SSSR count). The maximum Gasteiger partial charge on any atom is 0.210 e. The molecule has 3 unspecified atom stereocenters. The Morgan fingerprint density at radius 1 is 1.16 bits per heavy atom. The lowest BCUT2D eigenvalue weighted by atomic mass is 9.85. The van der Waals surface area contributed by atoms with Crippen LogP contribution >= 0.6 is 0 Å². The van der Waals surface area contributed by atoms with Gasteiger partial charge in [0.1, 0.15) is 23.0 Å². The molecule has 2 aromatic rings. The molecule has 0 aromatic heterocycles. The van der Waals surface area contributed by atoms with Gasteiger partial charge < -0.3 is 35.0 Å². The van der Waals surface area contributed by atoms with E-state index in [1.807, 2.05) is 0 Å². The number of fused-ring (bicyclic) bond motifs is 1. The molecule has 0 saturated heterocycles. The van der Waals surface area contributed by atoms with E-state index in [0.717, 1.165) is 6.07 Å². The molecule has 8 heteroatoms. The number of rotatable bonds is 3. The molecule has 1 aliphatic heterocycles. The summed E-state index contributed by atoms with van der Waals surface area (Å²) in [5, 5.41) is 49.9. The topological polar surface area (TPSA) is 137 Å². The smallest absolute Gasteiger partial charge is 0.210 e. The van der Waals surface area contributed by atoms with E-state index in [2.05, 4.69) is 0 Å². The number of hydrogen-bond donors (Lipinski definition) is 5. The number of Topliss-reactive ketones (excluding diaryl/α,β-unsaturated/α-hetero) is 1. The van der Waals surface area contributed by atoms with Crippen molar-refractivity contribution in [1.82, 2.24) is 0 Å². The van der Waals surface area contributed by atoms with Gasteiger partial charge in [-0.05, 0) is 17.7 Å². The Bertz CT molecular complexity index is 814. The van der Waals surface area contributed by atoms with Gasteiger partial charge in [-0.25, -0.2) is 0 Å². The highest BCUT2D eigenvalue weighted by Crippen LogP contribution is 2.48. The highest BCUT2D eigenvalue weighted by Gasteiger charge is 2.44. The molecule has 0 amide bonds. The second-order valence-electron chi connectivity index (χ2n) is 5.59. The number of carbonyl (C=O) groups excluding carboxylic acids is 1. The van der Waals surface area contributed by atoms with E-state index in [1.165, 1.54) is 31.4 Å². The standard InChI is InChI=1S/C17H16O8/c1-24-16-9(19)6-10-11(15(16)22)14(21)12(17(23)25-10)13(20)7-2-4-8(18)5-3-7/h2-6,12-13,17-20,22-23H,1H3. The summed E-state index contributed by atoms with van der Waals surface area (Å²) in [5.74, 6) is -3.85. The SMILES string of the molecule is COc1c(O)cc2c(c1O)C(=O)C(C(O)c1ccc(O)cc1)C(O)O2. The van der Waals surface area contributed by atoms with Gasteiger partial charge in [0.05, 0.1) is 13.2 Å². The van der Waals surface area contributed by atoms with Gasteiger partial charge in [-0.15, -0.1) is 0 Å². The number of methoxy groups -OCH3 is 1. The second kappa shape index (κ2) is 6.15. The molecule has 0 fully saturated rings. The molecule has 0 radical (unpaired) electrons. The molecule has 0 saturated carbocycles. The van der Waals surface area contributed by atoms with Crippen molar-refractivity contribution >= 4 is 5.78 Å². The van der Waals surface area contributed by atoms with Crippen molar-refractivity contribution in [2.75, 3.05) is 7.11 Å². The van der Waals surface area contributed by atoms with Gasteiger partial charge in [-0.1, -0.05) is 12.1 Å². The number of ether oxygens (including phenoxy) is 2. The summed E-state index contributed by atoms with van der Waals surface area (Å²) < 4.78 is 10.0. The van der Waals surface area contributed by atoms with E-state index >= 15 is 0 Å². The number of hydrogen-bond acceptors (Lipinski definition) is 8. The van der Waals surface area contributed by atoms with Gasteiger partial charge in [0.2, 0.25) is 12.0 Å². The number of benzene rings is 2. The Morgan fingerprint density at radius 2 is 1.80 bits per heavy atom. The summed E-state index contributed by atoms with van der Waals surface area (Å²) in [5.41, 5.74) is -0.0322. The molecule has 5 N–H and O–H groups in total. The molecule has 8 nitrogen and oxygen atoms in total. The minimum atomic E-state index is -1.70. The summed E-state index contributed by atoms with van der Waals surface area (Å²) in [4.78, 5) is 12.8. The summed E-state index contributed by atoms with van der Waals surface area (Å²) in [7, 11) is 1.20. The second-order valence-corrected chi connectivity index (χ2v) is 5.59. The molecule has 3 atom stereocenters. The Morgan fingerprint density at radius 3 is 2.40 bits per heavy atom. The van der Waals surface area contributed by atoms with Crippen LogP contribution in [0.3, 0.4) is 0 Å². The van der Waals surface area contributed by atoms with Crippen molar-refractivity contribution in [3.63, 3.8) is 0 Å². The lowest BCUT2D eigenvalue weighted by molar-refractivity contribution is -0.0930. The van der Waals surface area contributed by atoms with Crippen LogP contribution in [0.2, 0.25) is 0 Å². The monoisotopic (exact) mass is 348 g/mol. The van der Waals surface area contributed by atoms with E-state index in [9.17, 15) is 30.3 Å². The zero-order chi connectivity index (χ0) is 18.3. The Balaban J connectivity index is 2.05. The molecule has 1 aliphatic rings. The van der Waals surface area contributed by atoms with Crippen LogP contribution < -0.4 is 9.47 Å². The quantitative estimate of drug-likeness (QED) is 0.555. The molecule has 132 valence electrons. The average Bonchev–Trinajstić information content (AvgIpc) is 2.55. The van der Waals surface area contributed by atoms with Crippen LogP contribution in [0.1, 0.15) is 22.0 Å².